The van der Waals surface area contributed by atoms with Crippen molar-refractivity contribution in [3.05, 3.63) is 0 Å². The van der Waals surface area contributed by atoms with Gasteiger partial charge >= 0.3 is 20.8 Å². The fraction of sp³-hybridized carbons (Fsp3) is 1.00. The molecule has 27 heavy (non-hydrogen) atoms. The Morgan fingerprint density at radius 1 is 0.667 bits per heavy atom. The molecule has 0 aromatic carbocycles. The molecule has 0 fully saturated rings. The first-order chi connectivity index (χ1) is 12.2. The summed E-state index contributed by atoms with van der Waals surface area (Å²) in [5.41, 5.74) is 0. The SMILES string of the molecule is CCCCC(CC)COS(=O)(=O)OOS(=O)(=O)OCC(CC)CCCC.[K]. The van der Waals surface area contributed by atoms with Crippen molar-refractivity contribution < 1.29 is 33.9 Å². The number of hydrogen-bond donors (Lipinski definition) is 0. The van der Waals surface area contributed by atoms with E-state index in [1.54, 1.807) is 0 Å². The molecule has 2 atom stereocenters. The average Bonchev–Trinajstić information content (AvgIpc) is 2.60. The zero-order chi connectivity index (χ0) is 20.1. The molecule has 1 radical (unpaired) electrons. The summed E-state index contributed by atoms with van der Waals surface area (Å²) >= 11 is 0. The van der Waals surface area contributed by atoms with Gasteiger partial charge in [0.2, 0.25) is 0 Å². The molecule has 0 saturated heterocycles. The van der Waals surface area contributed by atoms with E-state index in [0.717, 1.165) is 51.4 Å². The average molecular weight is 458 g/mol. The van der Waals surface area contributed by atoms with Crippen LogP contribution in [-0.4, -0.2) is 81.4 Å². The Hall–Kier alpha value is 1.38. The van der Waals surface area contributed by atoms with Crippen molar-refractivity contribution in [3.63, 3.8) is 0 Å². The molecule has 0 aromatic rings. The van der Waals surface area contributed by atoms with Gasteiger partial charge in [0, 0.05) is 51.4 Å². The van der Waals surface area contributed by atoms with Gasteiger partial charge in [0.15, 0.2) is 0 Å². The topological polar surface area (TPSA) is 105 Å². The maximum Gasteiger partial charge on any atom is 0.427 e. The fourth-order valence-corrected chi connectivity index (χ4v) is 3.60. The molecule has 0 spiro atoms. The molecule has 159 valence electrons. The Balaban J connectivity index is 0. The summed E-state index contributed by atoms with van der Waals surface area (Å²) in [7, 11) is -9.17. The number of rotatable bonds is 17. The van der Waals surface area contributed by atoms with E-state index in [0.29, 0.717) is 0 Å². The van der Waals surface area contributed by atoms with Gasteiger partial charge in [-0.3, -0.25) is 0 Å². The van der Waals surface area contributed by atoms with E-state index in [9.17, 15) is 16.8 Å². The van der Waals surface area contributed by atoms with Gasteiger partial charge < -0.3 is 0 Å². The van der Waals surface area contributed by atoms with E-state index < -0.39 is 20.8 Å². The summed E-state index contributed by atoms with van der Waals surface area (Å²) in [5.74, 6) is 0.0927. The third-order valence-corrected chi connectivity index (χ3v) is 5.58. The predicted octanol–water partition coefficient (Wildman–Crippen LogP) is 3.51. The summed E-state index contributed by atoms with van der Waals surface area (Å²) in [4.78, 5) is 0. The first-order valence-electron chi connectivity index (χ1n) is 9.36. The molecule has 0 aliphatic rings. The molecule has 0 aromatic heterocycles. The molecule has 11 heteroatoms. The smallest absolute Gasteiger partial charge is 0.246 e. The maximum absolute atomic E-state index is 11.6. The van der Waals surface area contributed by atoms with Crippen LogP contribution < -0.4 is 0 Å². The van der Waals surface area contributed by atoms with Gasteiger partial charge in [0.1, 0.15) is 0 Å². The third kappa shape index (κ3) is 16.8. The van der Waals surface area contributed by atoms with Crippen LogP contribution in [0.25, 0.3) is 0 Å². The van der Waals surface area contributed by atoms with E-state index in [1.807, 2.05) is 27.7 Å². The van der Waals surface area contributed by atoms with Crippen LogP contribution in [0.15, 0.2) is 0 Å². The van der Waals surface area contributed by atoms with Crippen LogP contribution in [0.3, 0.4) is 0 Å². The zero-order valence-electron chi connectivity index (χ0n) is 17.3. The summed E-state index contributed by atoms with van der Waals surface area (Å²) in [6.07, 6.45) is 7.03. The van der Waals surface area contributed by atoms with Gasteiger partial charge in [-0.1, -0.05) is 74.9 Å². The zero-order valence-corrected chi connectivity index (χ0v) is 22.1. The number of hydrogen-bond acceptors (Lipinski definition) is 8. The second kappa shape index (κ2) is 17.1. The maximum atomic E-state index is 11.6. The van der Waals surface area contributed by atoms with Crippen LogP contribution in [0.2, 0.25) is 0 Å². The molecule has 0 saturated carbocycles. The monoisotopic (exact) mass is 457 g/mol. The van der Waals surface area contributed by atoms with Crippen LogP contribution in [0.1, 0.15) is 79.1 Å². The second-order valence-corrected chi connectivity index (χ2v) is 8.73. The van der Waals surface area contributed by atoms with Gasteiger partial charge in [0.05, 0.1) is 13.2 Å². The molecule has 2 unspecified atom stereocenters. The van der Waals surface area contributed by atoms with E-state index in [4.69, 9.17) is 0 Å². The molecule has 0 N–H and O–H groups in total. The molecule has 0 amide bonds. The summed E-state index contributed by atoms with van der Waals surface area (Å²) in [5, 5.41) is 0. The van der Waals surface area contributed by atoms with Gasteiger partial charge in [-0.15, -0.1) is 0 Å². The molecule has 0 bridgehead atoms. The summed E-state index contributed by atoms with van der Waals surface area (Å²) in [6.45, 7) is 7.76. The number of unbranched alkanes of at least 4 members (excludes halogenated alkanes) is 2. The molecule has 0 heterocycles. The normalized spacial score (nSPS) is 14.5. The van der Waals surface area contributed by atoms with Crippen molar-refractivity contribution in [1.82, 2.24) is 0 Å². The molecular formula is C16H34KO8S2. The fourth-order valence-electron chi connectivity index (χ4n) is 2.26. The Bertz CT molecular complexity index is 501. The summed E-state index contributed by atoms with van der Waals surface area (Å²) in [6, 6.07) is 0. The minimum absolute atomic E-state index is 0. The quantitative estimate of drug-likeness (QED) is 0.186. The van der Waals surface area contributed by atoms with Crippen LogP contribution in [0.4, 0.5) is 0 Å². The standard InChI is InChI=1S/C16H34O8S2.K/c1-5-9-11-15(7-3)13-21-25(17,18)23-24-26(19,20)22-14-16(8-4)12-10-6-2;/h15-16H,5-14H2,1-4H3;. The Morgan fingerprint density at radius 2 is 1.00 bits per heavy atom. The van der Waals surface area contributed by atoms with Crippen molar-refractivity contribution in [2.24, 2.45) is 11.8 Å². The molecule has 0 aliphatic heterocycles. The van der Waals surface area contributed by atoms with Crippen molar-refractivity contribution in [1.29, 1.82) is 0 Å². The van der Waals surface area contributed by atoms with Gasteiger partial charge in [-0.2, -0.15) is 16.8 Å². The minimum Gasteiger partial charge on any atom is -0.246 e. The van der Waals surface area contributed by atoms with E-state index in [1.165, 1.54) is 0 Å². The van der Waals surface area contributed by atoms with E-state index >= 15 is 0 Å². The first-order valence-corrected chi connectivity index (χ1v) is 12.0. The van der Waals surface area contributed by atoms with Crippen molar-refractivity contribution in [2.75, 3.05) is 13.2 Å². The van der Waals surface area contributed by atoms with E-state index in [-0.39, 0.29) is 76.4 Å². The minimum atomic E-state index is -4.58. The Morgan fingerprint density at radius 3 is 1.26 bits per heavy atom. The van der Waals surface area contributed by atoms with Crippen LogP contribution in [-0.2, 0) is 37.8 Å². The Kier molecular flexibility index (Phi) is 19.4. The van der Waals surface area contributed by atoms with Crippen molar-refractivity contribution >= 4 is 72.2 Å². The van der Waals surface area contributed by atoms with Crippen LogP contribution in [0, 0.1) is 11.8 Å². The van der Waals surface area contributed by atoms with Crippen LogP contribution in [0.5, 0.6) is 0 Å². The Labute approximate surface area is 208 Å². The molecule has 0 aliphatic carbocycles. The second-order valence-electron chi connectivity index (χ2n) is 6.35. The largest absolute Gasteiger partial charge is 0.427 e. The van der Waals surface area contributed by atoms with Crippen molar-refractivity contribution in [3.8, 4) is 0 Å². The molecule has 0 rings (SSSR count). The van der Waals surface area contributed by atoms with Crippen molar-refractivity contribution in [2.45, 2.75) is 79.1 Å². The first kappa shape index (κ1) is 30.6. The summed E-state index contributed by atoms with van der Waals surface area (Å²) < 4.78 is 63.8. The molecule has 8 nitrogen and oxygen atoms in total. The van der Waals surface area contributed by atoms with E-state index in [2.05, 4.69) is 17.0 Å². The molecular weight excluding hydrogens is 423 g/mol. The van der Waals surface area contributed by atoms with Gasteiger partial charge in [-0.25, -0.2) is 8.37 Å². The van der Waals surface area contributed by atoms with Gasteiger partial charge in [-0.05, 0) is 24.7 Å². The third-order valence-electron chi connectivity index (χ3n) is 4.18. The van der Waals surface area contributed by atoms with Crippen LogP contribution >= 0.6 is 0 Å². The van der Waals surface area contributed by atoms with Gasteiger partial charge in [0.25, 0.3) is 0 Å². The predicted molar refractivity (Wildman–Crippen MR) is 104 cm³/mol.